The molecule has 1 fully saturated rings. The lowest BCUT2D eigenvalue weighted by Crippen LogP contribution is -2.36. The Labute approximate surface area is 234 Å². The van der Waals surface area contributed by atoms with Gasteiger partial charge in [-0.3, -0.25) is 19.3 Å². The number of halogens is 3. The van der Waals surface area contributed by atoms with E-state index >= 15 is 0 Å². The lowest BCUT2D eigenvalue weighted by Gasteiger charge is -2.13. The summed E-state index contributed by atoms with van der Waals surface area (Å²) in [7, 11) is 0. The smallest absolute Gasteiger partial charge is 0.294 e. The van der Waals surface area contributed by atoms with Gasteiger partial charge in [0.05, 0.1) is 13.9 Å². The molecule has 0 atom stereocenters. The number of ether oxygens (including phenoxy) is 1. The number of imide groups is 1. The van der Waals surface area contributed by atoms with Gasteiger partial charge in [-0.05, 0) is 104 Å². The van der Waals surface area contributed by atoms with E-state index in [1.165, 1.54) is 0 Å². The Morgan fingerprint density at radius 1 is 1.06 bits per heavy atom. The molecule has 0 aliphatic carbocycles. The summed E-state index contributed by atoms with van der Waals surface area (Å²) in [4.78, 5) is 38.9. The lowest BCUT2D eigenvalue weighted by atomic mass is 10.2. The lowest BCUT2D eigenvalue weighted by molar-refractivity contribution is -0.127. The van der Waals surface area contributed by atoms with Gasteiger partial charge in [-0.2, -0.15) is 0 Å². The molecule has 0 saturated carbocycles. The van der Waals surface area contributed by atoms with Crippen molar-refractivity contribution in [1.29, 1.82) is 0 Å². The van der Waals surface area contributed by atoms with Crippen LogP contribution in [0.15, 0.2) is 74.5 Å². The highest BCUT2D eigenvalue weighted by molar-refractivity contribution is 9.11. The van der Waals surface area contributed by atoms with Gasteiger partial charge in [0.1, 0.15) is 18.9 Å². The fraction of sp³-hybridized carbons (Fsp3) is 0.115. The molecule has 1 aliphatic heterocycles. The molecule has 36 heavy (non-hydrogen) atoms. The maximum Gasteiger partial charge on any atom is 0.294 e. The average molecular weight is 651 g/mol. The highest BCUT2D eigenvalue weighted by Crippen LogP contribution is 2.38. The average Bonchev–Trinajstić information content (AvgIpc) is 3.08. The highest BCUT2D eigenvalue weighted by atomic mass is 79.9. The summed E-state index contributed by atoms with van der Waals surface area (Å²) in [5, 5.41) is 2.86. The van der Waals surface area contributed by atoms with Crippen molar-refractivity contribution < 1.29 is 19.1 Å². The molecule has 1 aliphatic rings. The van der Waals surface area contributed by atoms with Crippen molar-refractivity contribution in [3.63, 3.8) is 0 Å². The van der Waals surface area contributed by atoms with E-state index in [1.807, 2.05) is 31.2 Å². The molecular formula is C26H19Br2ClN2O4S. The molecule has 3 aromatic carbocycles. The molecule has 1 saturated heterocycles. The van der Waals surface area contributed by atoms with Gasteiger partial charge in [0.15, 0.2) is 0 Å². The van der Waals surface area contributed by atoms with Crippen molar-refractivity contribution in [2.45, 2.75) is 13.5 Å². The third-order valence-electron chi connectivity index (χ3n) is 5.13. The zero-order valence-corrected chi connectivity index (χ0v) is 23.6. The maximum absolute atomic E-state index is 12.9. The van der Waals surface area contributed by atoms with Crippen LogP contribution >= 0.6 is 55.2 Å². The van der Waals surface area contributed by atoms with Crippen molar-refractivity contribution in [2.24, 2.45) is 0 Å². The Morgan fingerprint density at radius 2 is 1.69 bits per heavy atom. The number of amides is 3. The molecule has 0 spiro atoms. The molecule has 1 N–H and O–H groups in total. The number of rotatable bonds is 7. The summed E-state index contributed by atoms with van der Waals surface area (Å²) in [6, 6.07) is 18.2. The van der Waals surface area contributed by atoms with Crippen LogP contribution in [0.4, 0.5) is 10.5 Å². The van der Waals surface area contributed by atoms with E-state index in [0.717, 1.165) is 27.8 Å². The van der Waals surface area contributed by atoms with Gasteiger partial charge in [0.25, 0.3) is 11.1 Å². The molecule has 3 aromatic rings. The molecule has 3 amide bonds. The molecular weight excluding hydrogens is 632 g/mol. The fourth-order valence-electron chi connectivity index (χ4n) is 3.31. The summed E-state index contributed by atoms with van der Waals surface area (Å²) >= 11 is 13.7. The number of hydrogen-bond acceptors (Lipinski definition) is 5. The molecule has 4 rings (SSSR count). The molecule has 6 nitrogen and oxygen atoms in total. The topological polar surface area (TPSA) is 75.7 Å². The first kappa shape index (κ1) is 26.5. The zero-order chi connectivity index (χ0) is 25.8. The second-order valence-corrected chi connectivity index (χ2v) is 11.0. The number of aryl methyl sites for hydroxylation is 1. The number of carbonyl (C=O) groups is 3. The van der Waals surface area contributed by atoms with E-state index < -0.39 is 17.1 Å². The molecule has 1 heterocycles. The number of nitrogens with zero attached hydrogens (tertiary/aromatic N) is 1. The number of benzene rings is 3. The zero-order valence-electron chi connectivity index (χ0n) is 18.9. The fourth-order valence-corrected chi connectivity index (χ4v) is 5.72. The Morgan fingerprint density at radius 3 is 2.33 bits per heavy atom. The van der Waals surface area contributed by atoms with Crippen LogP contribution in [0.2, 0.25) is 5.02 Å². The van der Waals surface area contributed by atoms with Crippen molar-refractivity contribution in [1.82, 2.24) is 4.90 Å². The summed E-state index contributed by atoms with van der Waals surface area (Å²) in [5.74, 6) is -0.363. The van der Waals surface area contributed by atoms with Gasteiger partial charge >= 0.3 is 0 Å². The van der Waals surface area contributed by atoms with Crippen LogP contribution in [0.3, 0.4) is 0 Å². The van der Waals surface area contributed by atoms with E-state index in [-0.39, 0.29) is 11.4 Å². The molecule has 0 aromatic heterocycles. The Bertz CT molecular complexity index is 1340. The highest BCUT2D eigenvalue weighted by Gasteiger charge is 2.36. The first-order chi connectivity index (χ1) is 17.2. The first-order valence-electron chi connectivity index (χ1n) is 10.7. The minimum absolute atomic E-state index is 0.233. The van der Waals surface area contributed by atoms with Gasteiger partial charge in [-0.15, -0.1) is 0 Å². The van der Waals surface area contributed by atoms with Crippen molar-refractivity contribution in [2.75, 3.05) is 11.9 Å². The molecule has 0 bridgehead atoms. The SMILES string of the molecule is Cc1ccc(NC(=O)CN2C(=O)S/C(=C/c3cc(Br)c(OCc4ccc(Cl)cc4)c(Br)c3)C2=O)cc1. The number of anilines is 1. The molecule has 10 heteroatoms. The predicted molar refractivity (Wildman–Crippen MR) is 150 cm³/mol. The van der Waals surface area contributed by atoms with E-state index in [9.17, 15) is 14.4 Å². The van der Waals surface area contributed by atoms with Crippen molar-refractivity contribution in [3.05, 3.63) is 96.2 Å². The summed E-state index contributed by atoms with van der Waals surface area (Å²) in [6.45, 7) is 1.93. The van der Waals surface area contributed by atoms with Crippen LogP contribution < -0.4 is 10.1 Å². The van der Waals surface area contributed by atoms with E-state index in [0.29, 0.717) is 37.6 Å². The van der Waals surface area contributed by atoms with Crippen LogP contribution in [0.1, 0.15) is 16.7 Å². The first-order valence-corrected chi connectivity index (χ1v) is 13.5. The Balaban J connectivity index is 1.43. The Hall–Kier alpha value is -2.59. The minimum Gasteiger partial charge on any atom is -0.487 e. The van der Waals surface area contributed by atoms with E-state index in [2.05, 4.69) is 37.2 Å². The van der Waals surface area contributed by atoms with E-state index in [1.54, 1.807) is 42.5 Å². The second kappa shape index (κ2) is 11.6. The van der Waals surface area contributed by atoms with Crippen LogP contribution in [0.25, 0.3) is 6.08 Å². The van der Waals surface area contributed by atoms with Crippen LogP contribution in [0, 0.1) is 6.92 Å². The number of carbonyl (C=O) groups excluding carboxylic acids is 3. The quantitative estimate of drug-likeness (QED) is 0.269. The summed E-state index contributed by atoms with van der Waals surface area (Å²) in [5.41, 5.74) is 3.30. The number of hydrogen-bond donors (Lipinski definition) is 1. The van der Waals surface area contributed by atoms with Gasteiger partial charge in [0.2, 0.25) is 5.91 Å². The second-order valence-electron chi connectivity index (χ2n) is 7.91. The largest absolute Gasteiger partial charge is 0.487 e. The van der Waals surface area contributed by atoms with Gasteiger partial charge in [-0.25, -0.2) is 0 Å². The van der Waals surface area contributed by atoms with Gasteiger partial charge in [-0.1, -0.05) is 41.4 Å². The van der Waals surface area contributed by atoms with E-state index in [4.69, 9.17) is 16.3 Å². The number of thioether (sulfide) groups is 1. The Kier molecular flexibility index (Phi) is 8.56. The van der Waals surface area contributed by atoms with Crippen molar-refractivity contribution >= 4 is 84.0 Å². The maximum atomic E-state index is 12.9. The molecule has 0 radical (unpaired) electrons. The number of nitrogens with one attached hydrogen (secondary N) is 1. The normalized spacial score (nSPS) is 14.4. The minimum atomic E-state index is -0.514. The standard InChI is InChI=1S/C26H19Br2ClN2O4S/c1-15-2-8-19(9-3-15)30-23(32)13-31-25(33)22(36-26(31)34)12-17-10-20(27)24(21(28)11-17)35-14-16-4-6-18(29)7-5-16/h2-12H,13-14H2,1H3,(H,30,32)/b22-12+. The third kappa shape index (κ3) is 6.59. The summed E-state index contributed by atoms with van der Waals surface area (Å²) in [6.07, 6.45) is 1.61. The molecule has 184 valence electrons. The third-order valence-corrected chi connectivity index (χ3v) is 7.46. The molecule has 0 unspecified atom stereocenters. The predicted octanol–water partition coefficient (Wildman–Crippen LogP) is 7.43. The van der Waals surface area contributed by atoms with Crippen molar-refractivity contribution in [3.8, 4) is 5.75 Å². The van der Waals surface area contributed by atoms with Gasteiger partial charge in [0, 0.05) is 10.7 Å². The summed E-state index contributed by atoms with van der Waals surface area (Å²) < 4.78 is 7.29. The van der Waals surface area contributed by atoms with Crippen LogP contribution in [0.5, 0.6) is 5.75 Å². The van der Waals surface area contributed by atoms with Crippen LogP contribution in [-0.4, -0.2) is 28.5 Å². The van der Waals surface area contributed by atoms with Gasteiger partial charge < -0.3 is 10.1 Å². The van der Waals surface area contributed by atoms with Crippen LogP contribution in [-0.2, 0) is 16.2 Å². The monoisotopic (exact) mass is 648 g/mol.